The van der Waals surface area contributed by atoms with Gasteiger partial charge in [-0.3, -0.25) is 9.59 Å². The fraction of sp³-hybridized carbons (Fsp3) is 0.222. The molecule has 118 valence electrons. The average molecular weight is 310 g/mol. The molecule has 2 N–H and O–H groups in total. The van der Waals surface area contributed by atoms with Gasteiger partial charge in [0.05, 0.1) is 0 Å². The minimum Gasteiger partial charge on any atom is -0.483 e. The maximum Gasteiger partial charge on any atom is 0.262 e. The van der Waals surface area contributed by atoms with Crippen molar-refractivity contribution < 1.29 is 14.3 Å². The molecule has 1 aliphatic rings. The van der Waals surface area contributed by atoms with Crippen molar-refractivity contribution in [3.63, 3.8) is 0 Å². The zero-order valence-corrected chi connectivity index (χ0v) is 12.9. The molecule has 0 unspecified atom stereocenters. The van der Waals surface area contributed by atoms with E-state index in [-0.39, 0.29) is 18.4 Å². The number of ether oxygens (including phenoxy) is 1. The lowest BCUT2D eigenvalue weighted by Gasteiger charge is -2.19. The van der Waals surface area contributed by atoms with Gasteiger partial charge in [-0.05, 0) is 37.1 Å². The highest BCUT2D eigenvalue weighted by Crippen LogP contribution is 2.25. The van der Waals surface area contributed by atoms with E-state index in [1.807, 2.05) is 31.2 Å². The van der Waals surface area contributed by atoms with E-state index in [0.29, 0.717) is 24.3 Å². The van der Waals surface area contributed by atoms with Crippen LogP contribution >= 0.6 is 0 Å². The van der Waals surface area contributed by atoms with E-state index in [1.54, 1.807) is 18.2 Å². The SMILES string of the molecule is Cc1ccccc1NC(=O)COc1cccc2c1CCNC2=O. The molecule has 5 heteroatoms. The first-order valence-electron chi connectivity index (χ1n) is 7.53. The molecular weight excluding hydrogens is 292 g/mol. The van der Waals surface area contributed by atoms with Crippen LogP contribution in [0.2, 0.25) is 0 Å². The van der Waals surface area contributed by atoms with E-state index >= 15 is 0 Å². The lowest BCUT2D eigenvalue weighted by molar-refractivity contribution is -0.118. The molecular formula is C18H18N2O3. The Kier molecular flexibility index (Phi) is 4.28. The maximum absolute atomic E-state index is 12.1. The lowest BCUT2D eigenvalue weighted by atomic mass is 9.99. The molecule has 0 spiro atoms. The second-order valence-corrected chi connectivity index (χ2v) is 5.44. The molecule has 0 aliphatic carbocycles. The molecule has 0 bridgehead atoms. The molecule has 0 saturated carbocycles. The highest BCUT2D eigenvalue weighted by Gasteiger charge is 2.20. The number of anilines is 1. The van der Waals surface area contributed by atoms with Crippen molar-refractivity contribution in [3.05, 3.63) is 59.2 Å². The minimum atomic E-state index is -0.225. The van der Waals surface area contributed by atoms with Crippen LogP contribution in [0, 0.1) is 6.92 Å². The van der Waals surface area contributed by atoms with Gasteiger partial charge in [-0.25, -0.2) is 0 Å². The van der Waals surface area contributed by atoms with E-state index in [1.165, 1.54) is 0 Å². The Morgan fingerprint density at radius 2 is 2.04 bits per heavy atom. The number of carbonyl (C=O) groups excluding carboxylic acids is 2. The van der Waals surface area contributed by atoms with Crippen LogP contribution in [0.5, 0.6) is 5.75 Å². The van der Waals surface area contributed by atoms with Crippen LogP contribution in [0.25, 0.3) is 0 Å². The molecule has 0 saturated heterocycles. The standard InChI is InChI=1S/C18H18N2O3/c1-12-5-2-3-7-15(12)20-17(21)11-23-16-8-4-6-14-13(16)9-10-19-18(14)22/h2-8H,9-11H2,1H3,(H,19,22)(H,20,21). The molecule has 3 rings (SSSR count). The molecule has 0 aromatic heterocycles. The van der Waals surface area contributed by atoms with Gasteiger partial charge in [0.1, 0.15) is 5.75 Å². The van der Waals surface area contributed by atoms with Crippen molar-refractivity contribution in [1.29, 1.82) is 0 Å². The first-order valence-corrected chi connectivity index (χ1v) is 7.53. The first-order chi connectivity index (χ1) is 11.1. The van der Waals surface area contributed by atoms with Crippen LogP contribution in [-0.4, -0.2) is 25.0 Å². The van der Waals surface area contributed by atoms with Crippen molar-refractivity contribution in [3.8, 4) is 5.75 Å². The van der Waals surface area contributed by atoms with Crippen LogP contribution < -0.4 is 15.4 Å². The highest BCUT2D eigenvalue weighted by atomic mass is 16.5. The van der Waals surface area contributed by atoms with E-state index in [9.17, 15) is 9.59 Å². The van der Waals surface area contributed by atoms with E-state index in [0.717, 1.165) is 16.8 Å². The molecule has 0 fully saturated rings. The molecule has 2 aromatic rings. The average Bonchev–Trinajstić information content (AvgIpc) is 2.55. The Morgan fingerprint density at radius 3 is 2.87 bits per heavy atom. The van der Waals surface area contributed by atoms with Gasteiger partial charge in [0.25, 0.3) is 11.8 Å². The monoisotopic (exact) mass is 310 g/mol. The Balaban J connectivity index is 1.67. The lowest BCUT2D eigenvalue weighted by Crippen LogP contribution is -2.32. The third-order valence-electron chi connectivity index (χ3n) is 3.82. The fourth-order valence-electron chi connectivity index (χ4n) is 2.61. The summed E-state index contributed by atoms with van der Waals surface area (Å²) < 4.78 is 5.63. The number of benzene rings is 2. The van der Waals surface area contributed by atoms with Crippen molar-refractivity contribution in [1.82, 2.24) is 5.32 Å². The van der Waals surface area contributed by atoms with E-state index in [2.05, 4.69) is 10.6 Å². The van der Waals surface area contributed by atoms with Crippen molar-refractivity contribution in [2.75, 3.05) is 18.5 Å². The smallest absolute Gasteiger partial charge is 0.262 e. The van der Waals surface area contributed by atoms with Gasteiger partial charge in [0.15, 0.2) is 6.61 Å². The summed E-state index contributed by atoms with van der Waals surface area (Å²) in [6, 6.07) is 12.9. The number of carbonyl (C=O) groups is 2. The van der Waals surface area contributed by atoms with Crippen LogP contribution in [0.3, 0.4) is 0 Å². The zero-order chi connectivity index (χ0) is 16.2. The molecule has 0 atom stereocenters. The Labute approximate surface area is 134 Å². The summed E-state index contributed by atoms with van der Waals surface area (Å²) in [7, 11) is 0. The van der Waals surface area contributed by atoms with Crippen molar-refractivity contribution in [2.45, 2.75) is 13.3 Å². The summed E-state index contributed by atoms with van der Waals surface area (Å²) >= 11 is 0. The summed E-state index contributed by atoms with van der Waals surface area (Å²) in [5.74, 6) is 0.274. The topological polar surface area (TPSA) is 67.4 Å². The predicted octanol–water partition coefficient (Wildman–Crippen LogP) is 2.30. The summed E-state index contributed by atoms with van der Waals surface area (Å²) in [6.45, 7) is 2.43. The fourth-order valence-corrected chi connectivity index (χ4v) is 2.61. The highest BCUT2D eigenvalue weighted by molar-refractivity contribution is 5.97. The quantitative estimate of drug-likeness (QED) is 0.910. The second kappa shape index (κ2) is 6.52. The summed E-state index contributed by atoms with van der Waals surface area (Å²) in [6.07, 6.45) is 0.705. The molecule has 1 aliphatic heterocycles. The number of hydrogen-bond acceptors (Lipinski definition) is 3. The van der Waals surface area contributed by atoms with E-state index in [4.69, 9.17) is 4.74 Å². The number of aryl methyl sites for hydroxylation is 1. The third kappa shape index (κ3) is 3.34. The first kappa shape index (κ1) is 15.1. The molecule has 5 nitrogen and oxygen atoms in total. The van der Waals surface area contributed by atoms with Gasteiger partial charge in [-0.2, -0.15) is 0 Å². The Bertz CT molecular complexity index is 756. The van der Waals surface area contributed by atoms with Gasteiger partial charge in [0, 0.05) is 23.4 Å². The Morgan fingerprint density at radius 1 is 1.22 bits per heavy atom. The van der Waals surface area contributed by atoms with Gasteiger partial charge in [-0.1, -0.05) is 24.3 Å². The number of para-hydroxylation sites is 1. The van der Waals surface area contributed by atoms with Crippen LogP contribution in [0.1, 0.15) is 21.5 Å². The van der Waals surface area contributed by atoms with Crippen molar-refractivity contribution >= 4 is 17.5 Å². The van der Waals surface area contributed by atoms with Crippen LogP contribution in [0.15, 0.2) is 42.5 Å². The van der Waals surface area contributed by atoms with Crippen molar-refractivity contribution in [2.24, 2.45) is 0 Å². The molecule has 23 heavy (non-hydrogen) atoms. The number of nitrogens with one attached hydrogen (secondary N) is 2. The summed E-state index contributed by atoms with van der Waals surface area (Å²) in [4.78, 5) is 23.9. The van der Waals surface area contributed by atoms with Gasteiger partial charge in [-0.15, -0.1) is 0 Å². The molecule has 2 aromatic carbocycles. The number of amides is 2. The molecule has 1 heterocycles. The largest absolute Gasteiger partial charge is 0.483 e. The van der Waals surface area contributed by atoms with E-state index < -0.39 is 0 Å². The van der Waals surface area contributed by atoms with Crippen LogP contribution in [-0.2, 0) is 11.2 Å². The predicted molar refractivity (Wildman–Crippen MR) is 87.8 cm³/mol. The van der Waals surface area contributed by atoms with Gasteiger partial charge in [0.2, 0.25) is 0 Å². The summed E-state index contributed by atoms with van der Waals surface area (Å²) in [5.41, 5.74) is 3.25. The molecule has 0 radical (unpaired) electrons. The molecule has 2 amide bonds. The van der Waals surface area contributed by atoms with Gasteiger partial charge >= 0.3 is 0 Å². The van der Waals surface area contributed by atoms with Crippen LogP contribution in [0.4, 0.5) is 5.69 Å². The van der Waals surface area contributed by atoms with Gasteiger partial charge < -0.3 is 15.4 Å². The number of hydrogen-bond donors (Lipinski definition) is 2. The second-order valence-electron chi connectivity index (χ2n) is 5.44. The number of fused-ring (bicyclic) bond motifs is 1. The normalized spacial score (nSPS) is 13.0. The zero-order valence-electron chi connectivity index (χ0n) is 12.9. The third-order valence-corrected chi connectivity index (χ3v) is 3.82. The Hall–Kier alpha value is -2.82. The maximum atomic E-state index is 12.1. The minimum absolute atomic E-state index is 0.0909. The summed E-state index contributed by atoms with van der Waals surface area (Å²) in [5, 5.41) is 5.62. The number of rotatable bonds is 4.